The van der Waals surface area contributed by atoms with Crippen LogP contribution in [0.5, 0.6) is 5.75 Å². The molecule has 0 aliphatic heterocycles. The minimum atomic E-state index is -4.87. The zero-order chi connectivity index (χ0) is 16.5. The van der Waals surface area contributed by atoms with Gasteiger partial charge in [0.15, 0.2) is 0 Å². The Labute approximate surface area is 137 Å². The van der Waals surface area contributed by atoms with Crippen molar-refractivity contribution in [2.24, 2.45) is 0 Å². The van der Waals surface area contributed by atoms with E-state index in [2.05, 4.69) is 9.46 Å². The van der Waals surface area contributed by atoms with E-state index in [9.17, 15) is 21.6 Å². The largest absolute Gasteiger partial charge is 0.573 e. The van der Waals surface area contributed by atoms with Gasteiger partial charge in [-0.25, -0.2) is 8.42 Å². The van der Waals surface area contributed by atoms with Crippen molar-refractivity contribution in [3.63, 3.8) is 0 Å². The van der Waals surface area contributed by atoms with Crippen LogP contribution in [0.3, 0.4) is 0 Å². The molecule has 4 nitrogen and oxygen atoms in total. The van der Waals surface area contributed by atoms with Crippen molar-refractivity contribution in [2.45, 2.75) is 11.3 Å². The maximum atomic E-state index is 12.1. The van der Waals surface area contributed by atoms with Crippen LogP contribution in [0.4, 0.5) is 18.9 Å². The number of thiophene rings is 1. The molecular formula is C11H6Cl2F3NO3S2. The molecule has 1 aromatic carbocycles. The van der Waals surface area contributed by atoms with Crippen molar-refractivity contribution >= 4 is 50.2 Å². The molecule has 2 rings (SSSR count). The van der Waals surface area contributed by atoms with E-state index in [1.54, 1.807) is 0 Å². The van der Waals surface area contributed by atoms with E-state index in [0.29, 0.717) is 0 Å². The number of anilines is 1. The van der Waals surface area contributed by atoms with E-state index in [-0.39, 0.29) is 19.3 Å². The van der Waals surface area contributed by atoms with Crippen molar-refractivity contribution < 1.29 is 26.3 Å². The first kappa shape index (κ1) is 17.2. The molecule has 0 aliphatic rings. The minimum absolute atomic E-state index is 0.0554. The van der Waals surface area contributed by atoms with Gasteiger partial charge < -0.3 is 4.74 Å². The fourth-order valence-electron chi connectivity index (χ4n) is 1.48. The maximum absolute atomic E-state index is 12.1. The van der Waals surface area contributed by atoms with Gasteiger partial charge in [0, 0.05) is 6.07 Å². The first-order valence-corrected chi connectivity index (χ1v) is 8.46. The average Bonchev–Trinajstić information content (AvgIpc) is 2.67. The molecule has 0 bridgehead atoms. The van der Waals surface area contributed by atoms with E-state index in [4.69, 9.17) is 23.2 Å². The standard InChI is InChI=1S/C11H6Cl2F3NO3S2/c12-9-5-8(10(13)21-9)22(18,19)17-6-2-1-3-7(4-6)20-11(14,15)16/h1-5,17H. The normalized spacial score (nSPS) is 12.2. The van der Waals surface area contributed by atoms with Gasteiger partial charge in [0.25, 0.3) is 10.0 Å². The van der Waals surface area contributed by atoms with Crippen LogP contribution < -0.4 is 9.46 Å². The smallest absolute Gasteiger partial charge is 0.406 e. The van der Waals surface area contributed by atoms with Gasteiger partial charge >= 0.3 is 6.36 Å². The van der Waals surface area contributed by atoms with Gasteiger partial charge in [0.1, 0.15) is 15.0 Å². The van der Waals surface area contributed by atoms with Crippen LogP contribution >= 0.6 is 34.5 Å². The number of hydrogen-bond donors (Lipinski definition) is 1. The summed E-state index contributed by atoms with van der Waals surface area (Å²) < 4.78 is 66.6. The first-order valence-electron chi connectivity index (χ1n) is 5.40. The number of benzene rings is 1. The van der Waals surface area contributed by atoms with Crippen LogP contribution in [-0.4, -0.2) is 14.8 Å². The molecule has 0 saturated carbocycles. The SMILES string of the molecule is O=S(=O)(Nc1cccc(OC(F)(F)F)c1)c1cc(Cl)sc1Cl. The molecule has 0 aliphatic carbocycles. The lowest BCUT2D eigenvalue weighted by atomic mass is 10.3. The molecule has 2 aromatic rings. The van der Waals surface area contributed by atoms with Crippen molar-refractivity contribution in [3.8, 4) is 5.75 Å². The number of ether oxygens (including phenoxy) is 1. The second kappa shape index (κ2) is 6.15. The summed E-state index contributed by atoms with van der Waals surface area (Å²) in [4.78, 5) is -0.258. The summed E-state index contributed by atoms with van der Waals surface area (Å²) in [6.07, 6.45) is -4.87. The second-order valence-electron chi connectivity index (χ2n) is 3.87. The van der Waals surface area contributed by atoms with E-state index in [1.807, 2.05) is 0 Å². The molecule has 0 unspecified atom stereocenters. The van der Waals surface area contributed by atoms with Crippen LogP contribution in [0, 0.1) is 0 Å². The van der Waals surface area contributed by atoms with Crippen molar-refractivity contribution in [2.75, 3.05) is 4.72 Å². The van der Waals surface area contributed by atoms with Crippen molar-refractivity contribution in [3.05, 3.63) is 39.0 Å². The Hall–Kier alpha value is -1.16. The van der Waals surface area contributed by atoms with Crippen LogP contribution in [0.25, 0.3) is 0 Å². The number of rotatable bonds is 4. The van der Waals surface area contributed by atoms with Gasteiger partial charge in [-0.2, -0.15) is 0 Å². The molecule has 1 N–H and O–H groups in total. The van der Waals surface area contributed by atoms with E-state index in [1.165, 1.54) is 12.1 Å². The number of halogens is 5. The van der Waals surface area contributed by atoms with Gasteiger partial charge in [-0.05, 0) is 18.2 Å². The van der Waals surface area contributed by atoms with Crippen LogP contribution in [0.1, 0.15) is 0 Å². The molecule has 0 amide bonds. The Balaban J connectivity index is 2.27. The molecule has 0 spiro atoms. The lowest BCUT2D eigenvalue weighted by Crippen LogP contribution is -2.17. The fourth-order valence-corrected chi connectivity index (χ4v) is 4.68. The van der Waals surface area contributed by atoms with E-state index < -0.39 is 22.1 Å². The molecule has 0 fully saturated rings. The zero-order valence-corrected chi connectivity index (χ0v) is 13.5. The Kier molecular flexibility index (Phi) is 4.81. The third-order valence-electron chi connectivity index (χ3n) is 2.23. The molecule has 22 heavy (non-hydrogen) atoms. The highest BCUT2D eigenvalue weighted by molar-refractivity contribution is 7.93. The van der Waals surface area contributed by atoms with Gasteiger partial charge in [0.05, 0.1) is 10.0 Å². The summed E-state index contributed by atoms with van der Waals surface area (Å²) in [5, 5.41) is 0. The third kappa shape index (κ3) is 4.42. The fraction of sp³-hybridized carbons (Fsp3) is 0.0909. The van der Waals surface area contributed by atoms with E-state index >= 15 is 0 Å². The molecule has 11 heteroatoms. The quantitative estimate of drug-likeness (QED) is 0.817. The lowest BCUT2D eigenvalue weighted by Gasteiger charge is -2.11. The first-order chi connectivity index (χ1) is 10.1. The van der Waals surface area contributed by atoms with Crippen LogP contribution in [0.15, 0.2) is 35.2 Å². The van der Waals surface area contributed by atoms with Crippen molar-refractivity contribution in [1.29, 1.82) is 0 Å². The topological polar surface area (TPSA) is 55.4 Å². The number of nitrogens with one attached hydrogen (secondary N) is 1. The lowest BCUT2D eigenvalue weighted by molar-refractivity contribution is -0.274. The van der Waals surface area contributed by atoms with Crippen LogP contribution in [-0.2, 0) is 10.0 Å². The Morgan fingerprint density at radius 2 is 1.86 bits per heavy atom. The third-order valence-corrected chi connectivity index (χ3v) is 5.37. The Morgan fingerprint density at radius 1 is 1.18 bits per heavy atom. The predicted octanol–water partition coefficient (Wildman–Crippen LogP) is 4.75. The molecule has 1 aromatic heterocycles. The summed E-state index contributed by atoms with van der Waals surface area (Å²) in [7, 11) is -4.08. The monoisotopic (exact) mass is 391 g/mol. The second-order valence-corrected chi connectivity index (χ2v) is 7.81. The van der Waals surface area contributed by atoms with Gasteiger partial charge in [0.2, 0.25) is 0 Å². The number of sulfonamides is 1. The van der Waals surface area contributed by atoms with Gasteiger partial charge in [-0.15, -0.1) is 24.5 Å². The van der Waals surface area contributed by atoms with Gasteiger partial charge in [-0.1, -0.05) is 29.3 Å². The molecule has 0 radical (unpaired) electrons. The van der Waals surface area contributed by atoms with Crippen molar-refractivity contribution in [1.82, 2.24) is 0 Å². The van der Waals surface area contributed by atoms with Crippen LogP contribution in [0.2, 0.25) is 8.67 Å². The molecular weight excluding hydrogens is 386 g/mol. The highest BCUT2D eigenvalue weighted by atomic mass is 35.5. The number of hydrogen-bond acceptors (Lipinski definition) is 4. The Bertz CT molecular complexity index is 790. The summed E-state index contributed by atoms with van der Waals surface area (Å²) in [6.45, 7) is 0. The predicted molar refractivity (Wildman–Crippen MR) is 78.3 cm³/mol. The maximum Gasteiger partial charge on any atom is 0.573 e. The molecule has 120 valence electrons. The van der Waals surface area contributed by atoms with E-state index in [0.717, 1.165) is 29.5 Å². The average molecular weight is 392 g/mol. The minimum Gasteiger partial charge on any atom is -0.406 e. The summed E-state index contributed by atoms with van der Waals surface area (Å²) >= 11 is 12.3. The summed E-state index contributed by atoms with van der Waals surface area (Å²) in [5.41, 5.74) is -0.111. The highest BCUT2D eigenvalue weighted by Crippen LogP contribution is 2.35. The summed E-state index contributed by atoms with van der Waals surface area (Å²) in [5.74, 6) is -0.554. The highest BCUT2D eigenvalue weighted by Gasteiger charge is 2.31. The summed E-state index contributed by atoms with van der Waals surface area (Å²) in [6, 6.07) is 5.56. The molecule has 1 heterocycles. The zero-order valence-electron chi connectivity index (χ0n) is 10.3. The Morgan fingerprint density at radius 3 is 2.41 bits per heavy atom. The molecule has 0 atom stereocenters. The molecule has 0 saturated heterocycles. The number of alkyl halides is 3. The van der Waals surface area contributed by atoms with Gasteiger partial charge in [-0.3, -0.25) is 4.72 Å².